The Morgan fingerprint density at radius 3 is 2.93 bits per heavy atom. The third-order valence-electron chi connectivity index (χ3n) is 3.53. The van der Waals surface area contributed by atoms with Gasteiger partial charge in [-0.05, 0) is 31.5 Å². The zero-order chi connectivity index (χ0) is 20.4. The van der Waals surface area contributed by atoms with Crippen LogP contribution in [0.2, 0.25) is 0 Å². The van der Waals surface area contributed by atoms with E-state index in [0.29, 0.717) is 11.3 Å². The number of hydrogen-bond donors (Lipinski definition) is 2. The molecule has 0 atom stereocenters. The Kier molecular flexibility index (Phi) is 9.09. The molecule has 1 heterocycles. The largest absolute Gasteiger partial charge is 0.504 e. The van der Waals surface area contributed by atoms with Crippen LogP contribution in [0.3, 0.4) is 0 Å². The van der Waals surface area contributed by atoms with E-state index < -0.39 is 0 Å². The van der Waals surface area contributed by atoms with Crippen molar-refractivity contribution >= 4 is 35.6 Å². The topological polar surface area (TPSA) is 96.7 Å². The summed E-state index contributed by atoms with van der Waals surface area (Å²) in [5, 5.41) is 15.4. The molecule has 0 saturated carbocycles. The minimum absolute atomic E-state index is 0.0260. The third-order valence-corrected chi connectivity index (χ3v) is 5.38. The van der Waals surface area contributed by atoms with Crippen LogP contribution in [0.15, 0.2) is 39.5 Å². The van der Waals surface area contributed by atoms with Crippen molar-refractivity contribution in [3.05, 3.63) is 35.5 Å². The summed E-state index contributed by atoms with van der Waals surface area (Å²) in [4.78, 5) is 20.9. The van der Waals surface area contributed by atoms with Crippen molar-refractivity contribution in [1.82, 2.24) is 15.4 Å². The first kappa shape index (κ1) is 22.0. The van der Waals surface area contributed by atoms with Crippen molar-refractivity contribution in [3.8, 4) is 11.5 Å². The summed E-state index contributed by atoms with van der Waals surface area (Å²) in [5.41, 5.74) is 3.78. The van der Waals surface area contributed by atoms with Gasteiger partial charge in [0.15, 0.2) is 16.7 Å². The molecule has 0 aliphatic heterocycles. The van der Waals surface area contributed by atoms with Crippen LogP contribution >= 0.6 is 23.5 Å². The van der Waals surface area contributed by atoms with Gasteiger partial charge in [-0.3, -0.25) is 4.79 Å². The predicted octanol–water partition coefficient (Wildman–Crippen LogP) is 3.63. The molecule has 0 bridgehead atoms. The molecular weight excluding hydrogens is 396 g/mol. The fourth-order valence-electron chi connectivity index (χ4n) is 2.11. The number of nitrogens with one attached hydrogen (secondary N) is 1. The summed E-state index contributed by atoms with van der Waals surface area (Å²) < 4.78 is 5.03. The number of unbranched alkanes of at least 4 members (excludes halogenated alkanes) is 1. The van der Waals surface area contributed by atoms with Gasteiger partial charge < -0.3 is 9.84 Å². The average Bonchev–Trinajstić information content (AvgIpc) is 2.67. The number of phenols is 1. The number of methoxy groups -OCH3 is 1. The van der Waals surface area contributed by atoms with E-state index in [0.717, 1.165) is 34.5 Å². The maximum Gasteiger partial charge on any atom is 0.250 e. The summed E-state index contributed by atoms with van der Waals surface area (Å²) in [6, 6.07) is 6.90. The van der Waals surface area contributed by atoms with Gasteiger partial charge in [0, 0.05) is 17.0 Å². The van der Waals surface area contributed by atoms with Gasteiger partial charge in [-0.15, -0.1) is 0 Å². The number of para-hydroxylation sites is 1. The number of carbonyl (C=O) groups is 1. The lowest BCUT2D eigenvalue weighted by Gasteiger charge is -2.06. The van der Waals surface area contributed by atoms with Crippen molar-refractivity contribution in [2.24, 2.45) is 5.10 Å². The van der Waals surface area contributed by atoms with Crippen LogP contribution in [0.1, 0.15) is 31.0 Å². The van der Waals surface area contributed by atoms with Gasteiger partial charge in [0.05, 0.1) is 19.1 Å². The minimum atomic E-state index is -0.264. The summed E-state index contributed by atoms with van der Waals surface area (Å²) >= 11 is 2.96. The number of amides is 1. The molecule has 2 rings (SSSR count). The number of aromatic nitrogens is 2. The van der Waals surface area contributed by atoms with E-state index >= 15 is 0 Å². The maximum atomic E-state index is 12.0. The zero-order valence-electron chi connectivity index (χ0n) is 16.1. The van der Waals surface area contributed by atoms with Crippen LogP contribution in [0, 0.1) is 6.92 Å². The van der Waals surface area contributed by atoms with E-state index in [9.17, 15) is 9.90 Å². The van der Waals surface area contributed by atoms with Gasteiger partial charge in [0.1, 0.15) is 5.03 Å². The molecule has 1 aromatic carbocycles. The normalized spacial score (nSPS) is 11.0. The highest BCUT2D eigenvalue weighted by molar-refractivity contribution is 8.00. The van der Waals surface area contributed by atoms with Crippen LogP contribution in [0.25, 0.3) is 0 Å². The molecule has 2 aromatic rings. The summed E-state index contributed by atoms with van der Waals surface area (Å²) in [7, 11) is 1.47. The number of carbonyl (C=O) groups excluding carboxylic acids is 1. The van der Waals surface area contributed by atoms with Crippen LogP contribution in [-0.2, 0) is 4.79 Å². The molecule has 28 heavy (non-hydrogen) atoms. The number of hydrogen-bond acceptors (Lipinski definition) is 8. The molecule has 150 valence electrons. The Morgan fingerprint density at radius 2 is 2.18 bits per heavy atom. The quantitative estimate of drug-likeness (QED) is 0.151. The SMILES string of the molecule is CCCCSc1nc(C)cc(SCC(=O)N/N=C\c2cccc(OC)c2O)n1. The van der Waals surface area contributed by atoms with Crippen molar-refractivity contribution in [1.29, 1.82) is 0 Å². The van der Waals surface area contributed by atoms with E-state index in [1.165, 1.54) is 25.1 Å². The van der Waals surface area contributed by atoms with E-state index in [1.807, 2.05) is 13.0 Å². The summed E-state index contributed by atoms with van der Waals surface area (Å²) in [6.45, 7) is 4.07. The molecule has 0 unspecified atom stereocenters. The Labute approximate surface area is 173 Å². The van der Waals surface area contributed by atoms with E-state index in [1.54, 1.807) is 30.0 Å². The summed E-state index contributed by atoms with van der Waals surface area (Å²) in [5.74, 6) is 1.22. The highest BCUT2D eigenvalue weighted by atomic mass is 32.2. The number of aromatic hydroxyl groups is 1. The standard InChI is InChI=1S/C19H24N4O3S2/c1-4-5-9-27-19-21-13(2)10-17(22-19)28-12-16(24)23-20-11-14-7-6-8-15(26-3)18(14)25/h6-8,10-11,25H,4-5,9,12H2,1-3H3,(H,23,24)/b20-11-. The van der Waals surface area contributed by atoms with Crippen LogP contribution in [0.5, 0.6) is 11.5 Å². The second-order valence-corrected chi connectivity index (χ2v) is 7.87. The highest BCUT2D eigenvalue weighted by Crippen LogP contribution is 2.28. The van der Waals surface area contributed by atoms with E-state index in [-0.39, 0.29) is 17.4 Å². The third kappa shape index (κ3) is 7.05. The number of phenolic OH excluding ortho intramolecular Hbond substituents is 1. The van der Waals surface area contributed by atoms with Crippen molar-refractivity contribution in [2.45, 2.75) is 36.9 Å². The lowest BCUT2D eigenvalue weighted by molar-refractivity contribution is -0.118. The van der Waals surface area contributed by atoms with Gasteiger partial charge in [0.2, 0.25) is 5.91 Å². The Hall–Kier alpha value is -2.26. The monoisotopic (exact) mass is 420 g/mol. The number of aryl methyl sites for hydroxylation is 1. The van der Waals surface area contributed by atoms with E-state index in [4.69, 9.17) is 4.74 Å². The molecule has 1 amide bonds. The van der Waals surface area contributed by atoms with Gasteiger partial charge in [-0.1, -0.05) is 42.9 Å². The number of hydrazone groups is 1. The molecule has 0 spiro atoms. The molecule has 2 N–H and O–H groups in total. The fraction of sp³-hybridized carbons (Fsp3) is 0.368. The van der Waals surface area contributed by atoms with Gasteiger partial charge in [0.25, 0.3) is 0 Å². The Balaban J connectivity index is 1.87. The molecule has 0 fully saturated rings. The zero-order valence-corrected chi connectivity index (χ0v) is 17.8. The van der Waals surface area contributed by atoms with Crippen molar-refractivity contribution in [2.75, 3.05) is 18.6 Å². The highest BCUT2D eigenvalue weighted by Gasteiger charge is 2.08. The molecule has 0 radical (unpaired) electrons. The number of thioether (sulfide) groups is 2. The first-order valence-electron chi connectivity index (χ1n) is 8.82. The van der Waals surface area contributed by atoms with Crippen LogP contribution in [-0.4, -0.2) is 45.8 Å². The summed E-state index contributed by atoms with van der Waals surface area (Å²) in [6.07, 6.45) is 3.63. The fourth-order valence-corrected chi connectivity index (χ4v) is 3.91. The van der Waals surface area contributed by atoms with Crippen molar-refractivity contribution in [3.63, 3.8) is 0 Å². The maximum absolute atomic E-state index is 12.0. The van der Waals surface area contributed by atoms with Gasteiger partial charge in [-0.25, -0.2) is 15.4 Å². The molecule has 1 aromatic heterocycles. The Bertz CT molecular complexity index is 831. The number of rotatable bonds is 10. The first-order chi connectivity index (χ1) is 13.5. The molecule has 0 aliphatic rings. The van der Waals surface area contributed by atoms with Crippen LogP contribution < -0.4 is 10.2 Å². The van der Waals surface area contributed by atoms with Crippen molar-refractivity contribution < 1.29 is 14.6 Å². The second-order valence-electron chi connectivity index (χ2n) is 5.81. The molecule has 9 heteroatoms. The lowest BCUT2D eigenvalue weighted by Crippen LogP contribution is -2.19. The smallest absolute Gasteiger partial charge is 0.250 e. The van der Waals surface area contributed by atoms with Gasteiger partial charge in [-0.2, -0.15) is 5.10 Å². The molecular formula is C19H24N4O3S2. The predicted molar refractivity (Wildman–Crippen MR) is 114 cm³/mol. The molecule has 0 aliphatic carbocycles. The Morgan fingerprint density at radius 1 is 1.36 bits per heavy atom. The molecule has 0 saturated heterocycles. The number of benzene rings is 1. The van der Waals surface area contributed by atoms with Crippen LogP contribution in [0.4, 0.5) is 0 Å². The van der Waals surface area contributed by atoms with E-state index in [2.05, 4.69) is 27.4 Å². The number of ether oxygens (including phenoxy) is 1. The molecule has 7 nitrogen and oxygen atoms in total. The second kappa shape index (κ2) is 11.6. The first-order valence-corrected chi connectivity index (χ1v) is 10.8. The van der Waals surface area contributed by atoms with Gasteiger partial charge >= 0.3 is 0 Å². The lowest BCUT2D eigenvalue weighted by atomic mass is 10.2. The average molecular weight is 421 g/mol. The number of nitrogens with zero attached hydrogens (tertiary/aromatic N) is 3. The minimum Gasteiger partial charge on any atom is -0.504 e.